The molecule has 2 aliphatic heterocycles. The van der Waals surface area contributed by atoms with E-state index in [0.29, 0.717) is 18.1 Å². The molecule has 2 saturated heterocycles. The summed E-state index contributed by atoms with van der Waals surface area (Å²) in [7, 11) is 2.14. The number of nitrogens with one attached hydrogen (secondary N) is 1. The minimum Gasteiger partial charge on any atom is -0.378 e. The first-order valence-electron chi connectivity index (χ1n) is 8.21. The average Bonchev–Trinajstić information content (AvgIpc) is 2.86. The Labute approximate surface area is 117 Å². The molecule has 0 bridgehead atoms. The molecule has 3 nitrogen and oxygen atoms in total. The highest BCUT2D eigenvalue weighted by Crippen LogP contribution is 2.46. The van der Waals surface area contributed by atoms with Gasteiger partial charge < -0.3 is 14.8 Å². The molecule has 0 radical (unpaired) electrons. The summed E-state index contributed by atoms with van der Waals surface area (Å²) in [6.07, 6.45) is 9.28. The van der Waals surface area contributed by atoms with Gasteiger partial charge in [-0.15, -0.1) is 0 Å². The third kappa shape index (κ3) is 2.57. The van der Waals surface area contributed by atoms with E-state index in [4.69, 9.17) is 9.47 Å². The van der Waals surface area contributed by atoms with Gasteiger partial charge in [0.1, 0.15) is 0 Å². The van der Waals surface area contributed by atoms with E-state index >= 15 is 0 Å². The fraction of sp³-hybridized carbons (Fsp3) is 1.00. The number of ether oxygens (including phenoxy) is 2. The normalized spacial score (nSPS) is 39.2. The second-order valence-electron chi connectivity index (χ2n) is 6.72. The first-order valence-corrected chi connectivity index (χ1v) is 8.21. The van der Waals surface area contributed by atoms with Crippen molar-refractivity contribution in [1.29, 1.82) is 0 Å². The summed E-state index contributed by atoms with van der Waals surface area (Å²) < 4.78 is 12.0. The molecule has 19 heavy (non-hydrogen) atoms. The van der Waals surface area contributed by atoms with Gasteiger partial charge >= 0.3 is 0 Å². The first kappa shape index (κ1) is 13.8. The largest absolute Gasteiger partial charge is 0.378 e. The van der Waals surface area contributed by atoms with Crippen LogP contribution in [0.25, 0.3) is 0 Å². The third-order valence-electron chi connectivity index (χ3n) is 5.76. The minimum atomic E-state index is 0.263. The molecule has 2 heterocycles. The summed E-state index contributed by atoms with van der Waals surface area (Å²) in [5.74, 6) is 1.48. The SMILES string of the molecule is CCC1OCCC1C(NC)C1CCOC2(CCC2)C1. The molecule has 0 aromatic rings. The summed E-state index contributed by atoms with van der Waals surface area (Å²) in [6.45, 7) is 4.18. The molecule has 1 aliphatic carbocycles. The van der Waals surface area contributed by atoms with Crippen LogP contribution in [0.2, 0.25) is 0 Å². The Morgan fingerprint density at radius 1 is 1.26 bits per heavy atom. The molecule has 4 unspecified atom stereocenters. The van der Waals surface area contributed by atoms with Gasteiger partial charge in [-0.1, -0.05) is 6.92 Å². The van der Waals surface area contributed by atoms with Crippen molar-refractivity contribution < 1.29 is 9.47 Å². The Kier molecular flexibility index (Phi) is 4.16. The van der Waals surface area contributed by atoms with Crippen molar-refractivity contribution >= 4 is 0 Å². The predicted molar refractivity (Wildman–Crippen MR) is 76.2 cm³/mol. The Hall–Kier alpha value is -0.120. The van der Waals surface area contributed by atoms with E-state index in [1.807, 2.05) is 0 Å². The molecule has 3 heteroatoms. The third-order valence-corrected chi connectivity index (χ3v) is 5.76. The van der Waals surface area contributed by atoms with Crippen molar-refractivity contribution in [2.24, 2.45) is 11.8 Å². The molecule has 3 fully saturated rings. The molecule has 0 aromatic carbocycles. The Morgan fingerprint density at radius 3 is 2.74 bits per heavy atom. The van der Waals surface area contributed by atoms with Crippen LogP contribution in [0.15, 0.2) is 0 Å². The van der Waals surface area contributed by atoms with Crippen molar-refractivity contribution in [2.75, 3.05) is 20.3 Å². The van der Waals surface area contributed by atoms with E-state index in [1.54, 1.807) is 0 Å². The van der Waals surface area contributed by atoms with Gasteiger partial charge in [0, 0.05) is 25.2 Å². The monoisotopic (exact) mass is 267 g/mol. The van der Waals surface area contributed by atoms with Gasteiger partial charge in [0.05, 0.1) is 11.7 Å². The zero-order chi connectivity index (χ0) is 13.3. The molecule has 1 saturated carbocycles. The number of rotatable bonds is 4. The van der Waals surface area contributed by atoms with E-state index in [1.165, 1.54) is 38.5 Å². The summed E-state index contributed by atoms with van der Waals surface area (Å²) in [5, 5.41) is 3.63. The standard InChI is InChI=1S/C16H29NO2/c1-3-14-13(6-9-18-14)15(17-2)12-5-10-19-16(11-12)7-4-8-16/h12-15,17H,3-11H2,1-2H3. The van der Waals surface area contributed by atoms with Crippen LogP contribution >= 0.6 is 0 Å². The average molecular weight is 267 g/mol. The zero-order valence-electron chi connectivity index (χ0n) is 12.5. The zero-order valence-corrected chi connectivity index (χ0v) is 12.5. The van der Waals surface area contributed by atoms with Crippen molar-refractivity contribution in [3.05, 3.63) is 0 Å². The van der Waals surface area contributed by atoms with Crippen LogP contribution in [0.5, 0.6) is 0 Å². The fourth-order valence-corrected chi connectivity index (χ4v) is 4.59. The first-order chi connectivity index (χ1) is 9.28. The lowest BCUT2D eigenvalue weighted by molar-refractivity contribution is -0.149. The quantitative estimate of drug-likeness (QED) is 0.849. The van der Waals surface area contributed by atoms with E-state index in [0.717, 1.165) is 25.6 Å². The molecular formula is C16H29NO2. The van der Waals surface area contributed by atoms with Crippen LogP contribution < -0.4 is 5.32 Å². The van der Waals surface area contributed by atoms with Crippen LogP contribution in [0, 0.1) is 11.8 Å². The van der Waals surface area contributed by atoms with E-state index in [2.05, 4.69) is 19.3 Å². The van der Waals surface area contributed by atoms with Gasteiger partial charge in [-0.25, -0.2) is 0 Å². The number of hydrogen-bond acceptors (Lipinski definition) is 3. The molecule has 1 spiro atoms. The van der Waals surface area contributed by atoms with Gasteiger partial charge in [-0.05, 0) is 57.9 Å². The maximum Gasteiger partial charge on any atom is 0.0685 e. The highest BCUT2D eigenvalue weighted by atomic mass is 16.5. The maximum atomic E-state index is 6.08. The highest BCUT2D eigenvalue weighted by Gasteiger charge is 2.46. The molecule has 1 N–H and O–H groups in total. The fourth-order valence-electron chi connectivity index (χ4n) is 4.59. The summed E-state index contributed by atoms with van der Waals surface area (Å²) in [4.78, 5) is 0. The van der Waals surface area contributed by atoms with Gasteiger partial charge in [-0.2, -0.15) is 0 Å². The van der Waals surface area contributed by atoms with Crippen LogP contribution in [0.4, 0.5) is 0 Å². The van der Waals surface area contributed by atoms with E-state index in [-0.39, 0.29) is 5.60 Å². The second kappa shape index (κ2) is 5.71. The molecule has 110 valence electrons. The summed E-state index contributed by atoms with van der Waals surface area (Å²) in [5.41, 5.74) is 0.263. The maximum absolute atomic E-state index is 6.08. The van der Waals surface area contributed by atoms with Crippen molar-refractivity contribution in [3.8, 4) is 0 Å². The topological polar surface area (TPSA) is 30.5 Å². The lowest BCUT2D eigenvalue weighted by Gasteiger charge is -2.49. The van der Waals surface area contributed by atoms with Gasteiger partial charge in [-0.3, -0.25) is 0 Å². The van der Waals surface area contributed by atoms with Crippen LogP contribution in [0.3, 0.4) is 0 Å². The molecule has 3 rings (SSSR count). The van der Waals surface area contributed by atoms with Gasteiger partial charge in [0.15, 0.2) is 0 Å². The minimum absolute atomic E-state index is 0.263. The Bertz CT molecular complexity index is 303. The van der Waals surface area contributed by atoms with Crippen molar-refractivity contribution in [3.63, 3.8) is 0 Å². The molecule has 4 atom stereocenters. The summed E-state index contributed by atoms with van der Waals surface area (Å²) >= 11 is 0. The molecule has 0 amide bonds. The van der Waals surface area contributed by atoms with Crippen LogP contribution in [-0.2, 0) is 9.47 Å². The van der Waals surface area contributed by atoms with Gasteiger partial charge in [0.2, 0.25) is 0 Å². The Balaban J connectivity index is 1.67. The molecule has 3 aliphatic rings. The van der Waals surface area contributed by atoms with Crippen molar-refractivity contribution in [2.45, 2.75) is 69.6 Å². The van der Waals surface area contributed by atoms with E-state index < -0.39 is 0 Å². The lowest BCUT2D eigenvalue weighted by Crippen LogP contribution is -2.52. The van der Waals surface area contributed by atoms with Crippen molar-refractivity contribution in [1.82, 2.24) is 5.32 Å². The van der Waals surface area contributed by atoms with Gasteiger partial charge in [0.25, 0.3) is 0 Å². The van der Waals surface area contributed by atoms with E-state index in [9.17, 15) is 0 Å². The molecular weight excluding hydrogens is 238 g/mol. The van der Waals surface area contributed by atoms with Crippen LogP contribution in [-0.4, -0.2) is 38.0 Å². The second-order valence-corrected chi connectivity index (χ2v) is 6.72. The Morgan fingerprint density at radius 2 is 2.11 bits per heavy atom. The predicted octanol–water partition coefficient (Wildman–Crippen LogP) is 2.74. The summed E-state index contributed by atoms with van der Waals surface area (Å²) in [6, 6.07) is 0.619. The smallest absolute Gasteiger partial charge is 0.0685 e. The van der Waals surface area contributed by atoms with Crippen LogP contribution in [0.1, 0.15) is 51.9 Å². The molecule has 0 aromatic heterocycles. The number of hydrogen-bond donors (Lipinski definition) is 1. The highest BCUT2D eigenvalue weighted by molar-refractivity contribution is 4.99. The lowest BCUT2D eigenvalue weighted by atomic mass is 9.68.